The van der Waals surface area contributed by atoms with E-state index in [1.165, 1.54) is 17.8 Å². The number of nitrogens with zero attached hydrogens (tertiary/aromatic N) is 2. The van der Waals surface area contributed by atoms with E-state index in [0.29, 0.717) is 6.54 Å². The minimum atomic E-state index is -0.584. The van der Waals surface area contributed by atoms with Crippen LogP contribution in [-0.2, 0) is 6.54 Å². The Bertz CT molecular complexity index is 578. The number of fused-ring (bicyclic) bond motifs is 1. The first kappa shape index (κ1) is 13.3. The molecule has 0 saturated carbocycles. The lowest BCUT2D eigenvalue weighted by Gasteiger charge is -2.36. The van der Waals surface area contributed by atoms with Crippen molar-refractivity contribution < 1.29 is 9.50 Å². The quantitative estimate of drug-likeness (QED) is 0.932. The molecule has 1 aliphatic heterocycles. The van der Waals surface area contributed by atoms with Crippen molar-refractivity contribution in [2.75, 3.05) is 13.1 Å². The van der Waals surface area contributed by atoms with E-state index in [1.54, 1.807) is 12.1 Å². The molecule has 106 valence electrons. The van der Waals surface area contributed by atoms with Gasteiger partial charge < -0.3 is 9.67 Å². The molecule has 1 N–H and O–H groups in total. The van der Waals surface area contributed by atoms with Gasteiger partial charge in [0.05, 0.1) is 6.10 Å². The summed E-state index contributed by atoms with van der Waals surface area (Å²) in [5.41, 5.74) is 2.04. The van der Waals surface area contributed by atoms with Crippen LogP contribution in [-0.4, -0.2) is 27.7 Å². The van der Waals surface area contributed by atoms with Crippen molar-refractivity contribution >= 4 is 0 Å². The Morgan fingerprint density at radius 1 is 1.25 bits per heavy atom. The lowest BCUT2D eigenvalue weighted by molar-refractivity contribution is 0.0760. The maximum atomic E-state index is 12.9. The van der Waals surface area contributed by atoms with Gasteiger partial charge in [0.2, 0.25) is 0 Å². The third kappa shape index (κ3) is 2.49. The molecule has 2 heterocycles. The third-order valence-electron chi connectivity index (χ3n) is 4.13. The van der Waals surface area contributed by atoms with Crippen LogP contribution in [0.4, 0.5) is 4.39 Å². The van der Waals surface area contributed by atoms with Crippen molar-refractivity contribution in [1.82, 2.24) is 9.47 Å². The number of aliphatic hydroxyl groups excluding tert-OH is 1. The molecular weight excluding hydrogens is 255 g/mol. The van der Waals surface area contributed by atoms with E-state index in [0.717, 1.165) is 18.7 Å². The van der Waals surface area contributed by atoms with E-state index in [1.807, 2.05) is 0 Å². The van der Waals surface area contributed by atoms with Gasteiger partial charge in [0, 0.05) is 37.6 Å². The Morgan fingerprint density at radius 3 is 2.75 bits per heavy atom. The summed E-state index contributed by atoms with van der Waals surface area (Å²) in [5.74, 6) is -0.273. The topological polar surface area (TPSA) is 28.4 Å². The number of halogens is 1. The highest BCUT2D eigenvalue weighted by Gasteiger charge is 2.25. The summed E-state index contributed by atoms with van der Waals surface area (Å²) in [7, 11) is 0. The number of benzene rings is 1. The first-order chi connectivity index (χ1) is 9.65. The van der Waals surface area contributed by atoms with E-state index < -0.39 is 6.10 Å². The molecule has 0 bridgehead atoms. The van der Waals surface area contributed by atoms with Crippen LogP contribution in [0.5, 0.6) is 0 Å². The zero-order valence-electron chi connectivity index (χ0n) is 11.5. The van der Waals surface area contributed by atoms with Crippen molar-refractivity contribution in [1.29, 1.82) is 0 Å². The molecule has 1 aromatic heterocycles. The van der Waals surface area contributed by atoms with Gasteiger partial charge in [-0.1, -0.05) is 12.1 Å². The molecule has 0 saturated heterocycles. The van der Waals surface area contributed by atoms with Crippen LogP contribution in [0.2, 0.25) is 0 Å². The summed E-state index contributed by atoms with van der Waals surface area (Å²) in [4.78, 5) is 2.27. The normalized spacial score (nSPS) is 20.6. The second-order valence-electron chi connectivity index (χ2n) is 5.36. The summed E-state index contributed by atoms with van der Waals surface area (Å²) < 4.78 is 15.2. The fraction of sp³-hybridized carbons (Fsp3) is 0.375. The molecule has 2 unspecified atom stereocenters. The molecule has 20 heavy (non-hydrogen) atoms. The van der Waals surface area contributed by atoms with Gasteiger partial charge in [-0.3, -0.25) is 4.90 Å². The molecule has 3 nitrogen and oxygen atoms in total. The fourth-order valence-electron chi connectivity index (χ4n) is 2.89. The SMILES string of the molecule is CC1c2cccn2CCN1CC(O)c1ccc(F)cc1. The van der Waals surface area contributed by atoms with Crippen LogP contribution >= 0.6 is 0 Å². The van der Waals surface area contributed by atoms with Crippen LogP contribution in [0.3, 0.4) is 0 Å². The lowest BCUT2D eigenvalue weighted by atomic mass is 10.1. The Hall–Kier alpha value is -1.65. The first-order valence-corrected chi connectivity index (χ1v) is 6.98. The molecule has 0 amide bonds. The van der Waals surface area contributed by atoms with E-state index in [9.17, 15) is 9.50 Å². The summed E-state index contributed by atoms with van der Waals surface area (Å²) in [6.45, 7) is 4.59. The first-order valence-electron chi connectivity index (χ1n) is 6.98. The average Bonchev–Trinajstić information content (AvgIpc) is 2.92. The molecule has 2 aromatic rings. The summed E-state index contributed by atoms with van der Waals surface area (Å²) in [5, 5.41) is 10.3. The third-order valence-corrected chi connectivity index (χ3v) is 4.13. The number of rotatable bonds is 3. The van der Waals surface area contributed by atoms with Crippen molar-refractivity contribution in [2.24, 2.45) is 0 Å². The van der Waals surface area contributed by atoms with Gasteiger partial charge in [0.25, 0.3) is 0 Å². The van der Waals surface area contributed by atoms with Crippen molar-refractivity contribution in [3.8, 4) is 0 Å². The molecule has 1 aliphatic rings. The molecule has 3 rings (SSSR count). The van der Waals surface area contributed by atoms with E-state index in [-0.39, 0.29) is 11.9 Å². The molecule has 0 radical (unpaired) electrons. The summed E-state index contributed by atoms with van der Waals surface area (Å²) in [6.07, 6.45) is 1.51. The van der Waals surface area contributed by atoms with Gasteiger partial charge in [-0.15, -0.1) is 0 Å². The Kier molecular flexibility index (Phi) is 3.59. The Labute approximate surface area is 118 Å². The maximum absolute atomic E-state index is 12.9. The molecule has 0 aliphatic carbocycles. The summed E-state index contributed by atoms with van der Waals surface area (Å²) in [6, 6.07) is 10.6. The molecule has 1 aromatic carbocycles. The second kappa shape index (κ2) is 5.38. The maximum Gasteiger partial charge on any atom is 0.123 e. The number of β-amino-alcohol motifs (C(OH)–C–C–N with tert-alkyl or cyclic N) is 1. The predicted molar refractivity (Wildman–Crippen MR) is 75.8 cm³/mol. The van der Waals surface area contributed by atoms with Gasteiger partial charge in [-0.05, 0) is 36.8 Å². The number of hydrogen-bond acceptors (Lipinski definition) is 2. The fourth-order valence-corrected chi connectivity index (χ4v) is 2.89. The Balaban J connectivity index is 1.71. The minimum absolute atomic E-state index is 0.273. The van der Waals surface area contributed by atoms with Gasteiger partial charge >= 0.3 is 0 Å². The predicted octanol–water partition coefficient (Wildman–Crippen LogP) is 2.74. The van der Waals surface area contributed by atoms with E-state index in [2.05, 4.69) is 34.7 Å². The highest BCUT2D eigenvalue weighted by molar-refractivity contribution is 5.19. The lowest BCUT2D eigenvalue weighted by Crippen LogP contribution is -2.38. The van der Waals surface area contributed by atoms with Gasteiger partial charge in [0.15, 0.2) is 0 Å². The van der Waals surface area contributed by atoms with Crippen LogP contribution in [0.25, 0.3) is 0 Å². The molecular formula is C16H19FN2O. The van der Waals surface area contributed by atoms with Crippen LogP contribution < -0.4 is 0 Å². The average molecular weight is 274 g/mol. The number of aromatic nitrogens is 1. The van der Waals surface area contributed by atoms with Crippen LogP contribution in [0, 0.1) is 5.82 Å². The van der Waals surface area contributed by atoms with Gasteiger partial charge in [-0.2, -0.15) is 0 Å². The largest absolute Gasteiger partial charge is 0.387 e. The molecule has 0 fully saturated rings. The molecule has 4 heteroatoms. The number of hydrogen-bond donors (Lipinski definition) is 1. The van der Waals surface area contributed by atoms with Gasteiger partial charge in [-0.25, -0.2) is 4.39 Å². The van der Waals surface area contributed by atoms with Crippen molar-refractivity contribution in [3.63, 3.8) is 0 Å². The summed E-state index contributed by atoms with van der Waals surface area (Å²) >= 11 is 0. The zero-order valence-corrected chi connectivity index (χ0v) is 11.5. The monoisotopic (exact) mass is 274 g/mol. The standard InChI is InChI=1S/C16H19FN2O/c1-12-15-3-2-8-18(15)9-10-19(12)11-16(20)13-4-6-14(17)7-5-13/h2-8,12,16,20H,9-11H2,1H3. The smallest absolute Gasteiger partial charge is 0.123 e. The van der Waals surface area contributed by atoms with E-state index >= 15 is 0 Å². The molecule has 0 spiro atoms. The van der Waals surface area contributed by atoms with Crippen LogP contribution in [0.1, 0.15) is 30.3 Å². The van der Waals surface area contributed by atoms with Crippen LogP contribution in [0.15, 0.2) is 42.6 Å². The van der Waals surface area contributed by atoms with Crippen molar-refractivity contribution in [2.45, 2.75) is 25.6 Å². The van der Waals surface area contributed by atoms with Gasteiger partial charge in [0.1, 0.15) is 5.82 Å². The van der Waals surface area contributed by atoms with Crippen molar-refractivity contribution in [3.05, 3.63) is 59.7 Å². The number of aliphatic hydroxyl groups is 1. The van der Waals surface area contributed by atoms with E-state index in [4.69, 9.17) is 0 Å². The zero-order chi connectivity index (χ0) is 14.1. The Morgan fingerprint density at radius 2 is 2.00 bits per heavy atom. The second-order valence-corrected chi connectivity index (χ2v) is 5.36. The molecule has 2 atom stereocenters. The minimum Gasteiger partial charge on any atom is -0.387 e. The highest BCUT2D eigenvalue weighted by atomic mass is 19.1. The highest BCUT2D eigenvalue weighted by Crippen LogP contribution is 2.27.